The highest BCUT2D eigenvalue weighted by Gasteiger charge is 2.41. The highest BCUT2D eigenvalue weighted by molar-refractivity contribution is 9.10. The third-order valence-corrected chi connectivity index (χ3v) is 5.16. The SMILES string of the molecule is CCN1CCCC2(CC1)C[C@H](O)c1ccc(Br)cc1O2. The normalized spacial score (nSPS) is 30.6. The fraction of sp³-hybridized carbons (Fsp3) is 0.625. The van der Waals surface area contributed by atoms with E-state index in [0.717, 1.165) is 61.1 Å². The quantitative estimate of drug-likeness (QED) is 0.849. The Morgan fingerprint density at radius 1 is 1.40 bits per heavy atom. The van der Waals surface area contributed by atoms with Gasteiger partial charge in [-0.1, -0.05) is 28.9 Å². The molecule has 2 aliphatic rings. The number of likely N-dealkylation sites (tertiary alicyclic amines) is 1. The van der Waals surface area contributed by atoms with Crippen molar-refractivity contribution in [2.75, 3.05) is 19.6 Å². The fourth-order valence-corrected chi connectivity index (χ4v) is 3.80. The van der Waals surface area contributed by atoms with E-state index in [-0.39, 0.29) is 5.60 Å². The van der Waals surface area contributed by atoms with Crippen molar-refractivity contribution in [2.45, 2.75) is 44.3 Å². The van der Waals surface area contributed by atoms with Crippen LogP contribution in [0.15, 0.2) is 22.7 Å². The molecule has 1 N–H and O–H groups in total. The Bertz CT molecular complexity index is 493. The number of fused-ring (bicyclic) bond motifs is 1. The molecule has 0 aromatic heterocycles. The molecule has 110 valence electrons. The third kappa shape index (κ3) is 2.74. The molecule has 1 saturated heterocycles. The molecular formula is C16H22BrNO2. The maximum atomic E-state index is 10.5. The first-order chi connectivity index (χ1) is 9.62. The van der Waals surface area contributed by atoms with Crippen molar-refractivity contribution in [3.8, 4) is 5.75 Å². The molecule has 0 saturated carbocycles. The van der Waals surface area contributed by atoms with Crippen molar-refractivity contribution in [1.29, 1.82) is 0 Å². The maximum absolute atomic E-state index is 10.5. The van der Waals surface area contributed by atoms with E-state index >= 15 is 0 Å². The van der Waals surface area contributed by atoms with Gasteiger partial charge in [-0.3, -0.25) is 0 Å². The van der Waals surface area contributed by atoms with E-state index in [1.54, 1.807) is 0 Å². The van der Waals surface area contributed by atoms with Gasteiger partial charge in [-0.2, -0.15) is 0 Å². The van der Waals surface area contributed by atoms with Gasteiger partial charge in [-0.15, -0.1) is 0 Å². The van der Waals surface area contributed by atoms with Crippen LogP contribution in [0.4, 0.5) is 0 Å². The molecule has 2 aliphatic heterocycles. The van der Waals surface area contributed by atoms with Gasteiger partial charge in [0.2, 0.25) is 0 Å². The van der Waals surface area contributed by atoms with E-state index < -0.39 is 6.10 Å². The number of ether oxygens (including phenoxy) is 1. The van der Waals surface area contributed by atoms with Crippen LogP contribution in [0.1, 0.15) is 44.3 Å². The molecule has 1 unspecified atom stereocenters. The van der Waals surface area contributed by atoms with Crippen LogP contribution < -0.4 is 4.74 Å². The monoisotopic (exact) mass is 339 g/mol. The first-order valence-electron chi connectivity index (χ1n) is 7.51. The number of rotatable bonds is 1. The molecule has 0 radical (unpaired) electrons. The van der Waals surface area contributed by atoms with Crippen LogP contribution in [-0.4, -0.2) is 35.2 Å². The molecule has 2 atom stereocenters. The van der Waals surface area contributed by atoms with Crippen molar-refractivity contribution in [2.24, 2.45) is 0 Å². The zero-order valence-electron chi connectivity index (χ0n) is 11.9. The van der Waals surface area contributed by atoms with Crippen LogP contribution in [0.5, 0.6) is 5.75 Å². The zero-order chi connectivity index (χ0) is 14.2. The van der Waals surface area contributed by atoms with E-state index in [1.807, 2.05) is 18.2 Å². The highest BCUT2D eigenvalue weighted by atomic mass is 79.9. The summed E-state index contributed by atoms with van der Waals surface area (Å²) < 4.78 is 7.37. The summed E-state index contributed by atoms with van der Waals surface area (Å²) in [6.07, 6.45) is 3.50. The van der Waals surface area contributed by atoms with Gasteiger partial charge >= 0.3 is 0 Å². The molecule has 0 aliphatic carbocycles. The third-order valence-electron chi connectivity index (χ3n) is 4.66. The summed E-state index contributed by atoms with van der Waals surface area (Å²) in [5.74, 6) is 0.850. The Hall–Kier alpha value is -0.580. The van der Waals surface area contributed by atoms with Crippen molar-refractivity contribution < 1.29 is 9.84 Å². The lowest BCUT2D eigenvalue weighted by Crippen LogP contribution is -2.42. The molecular weight excluding hydrogens is 318 g/mol. The van der Waals surface area contributed by atoms with Crippen LogP contribution >= 0.6 is 15.9 Å². The van der Waals surface area contributed by atoms with Crippen LogP contribution in [0.25, 0.3) is 0 Å². The summed E-state index contributed by atoms with van der Waals surface area (Å²) in [6.45, 7) is 5.51. The number of aliphatic hydroxyl groups is 1. The number of hydrogen-bond acceptors (Lipinski definition) is 3. The Labute approximate surface area is 129 Å². The molecule has 3 rings (SSSR count). The van der Waals surface area contributed by atoms with Gasteiger partial charge in [-0.05, 0) is 44.5 Å². The standard InChI is InChI=1S/C16H22BrNO2/c1-2-18-8-3-6-16(7-9-18)11-14(19)13-5-4-12(17)10-15(13)20-16/h4-5,10,14,19H,2-3,6-9,11H2,1H3/t14-,16?/m0/s1. The van der Waals surface area contributed by atoms with Gasteiger partial charge in [0.05, 0.1) is 6.10 Å². The Morgan fingerprint density at radius 2 is 2.25 bits per heavy atom. The minimum Gasteiger partial charge on any atom is -0.487 e. The van der Waals surface area contributed by atoms with E-state index in [1.165, 1.54) is 0 Å². The van der Waals surface area contributed by atoms with E-state index in [0.29, 0.717) is 0 Å². The second-order valence-corrected chi connectivity index (χ2v) is 6.89. The average molecular weight is 340 g/mol. The minimum absolute atomic E-state index is 0.183. The average Bonchev–Trinajstić information content (AvgIpc) is 2.60. The number of nitrogens with zero attached hydrogens (tertiary/aromatic N) is 1. The van der Waals surface area contributed by atoms with Crippen molar-refractivity contribution in [3.05, 3.63) is 28.2 Å². The van der Waals surface area contributed by atoms with Gasteiger partial charge in [0, 0.05) is 23.0 Å². The molecule has 0 amide bonds. The Morgan fingerprint density at radius 3 is 3.05 bits per heavy atom. The molecule has 1 fully saturated rings. The minimum atomic E-state index is -0.403. The number of benzene rings is 1. The summed E-state index contributed by atoms with van der Waals surface area (Å²) in [4.78, 5) is 2.47. The molecule has 4 heteroatoms. The van der Waals surface area contributed by atoms with Gasteiger partial charge in [0.25, 0.3) is 0 Å². The molecule has 1 aromatic rings. The van der Waals surface area contributed by atoms with E-state index in [9.17, 15) is 5.11 Å². The summed E-state index contributed by atoms with van der Waals surface area (Å²) in [6, 6.07) is 5.92. The van der Waals surface area contributed by atoms with Crippen molar-refractivity contribution in [1.82, 2.24) is 4.90 Å². The van der Waals surface area contributed by atoms with E-state index in [4.69, 9.17) is 4.74 Å². The van der Waals surface area contributed by atoms with Gasteiger partial charge < -0.3 is 14.7 Å². The predicted octanol–water partition coefficient (Wildman–Crippen LogP) is 3.51. The Balaban J connectivity index is 1.86. The fourth-order valence-electron chi connectivity index (χ4n) is 3.46. The molecule has 3 nitrogen and oxygen atoms in total. The first-order valence-corrected chi connectivity index (χ1v) is 8.30. The topological polar surface area (TPSA) is 32.7 Å². The number of aliphatic hydroxyl groups excluding tert-OH is 1. The lowest BCUT2D eigenvalue weighted by Gasteiger charge is -2.40. The smallest absolute Gasteiger partial charge is 0.127 e. The van der Waals surface area contributed by atoms with Crippen molar-refractivity contribution in [3.63, 3.8) is 0 Å². The second kappa shape index (κ2) is 5.66. The second-order valence-electron chi connectivity index (χ2n) is 5.97. The molecule has 2 heterocycles. The zero-order valence-corrected chi connectivity index (χ0v) is 13.5. The van der Waals surface area contributed by atoms with Gasteiger partial charge in [-0.25, -0.2) is 0 Å². The molecule has 20 heavy (non-hydrogen) atoms. The molecule has 1 aromatic carbocycles. The van der Waals surface area contributed by atoms with Crippen LogP contribution in [0.2, 0.25) is 0 Å². The lowest BCUT2D eigenvalue weighted by molar-refractivity contribution is -0.0238. The predicted molar refractivity (Wildman–Crippen MR) is 83.0 cm³/mol. The summed E-state index contributed by atoms with van der Waals surface area (Å²) in [5.41, 5.74) is 0.743. The Kier molecular flexibility index (Phi) is 4.07. The number of halogens is 1. The van der Waals surface area contributed by atoms with Crippen LogP contribution in [0.3, 0.4) is 0 Å². The summed E-state index contributed by atoms with van der Waals surface area (Å²) in [5, 5.41) is 10.5. The van der Waals surface area contributed by atoms with Crippen LogP contribution in [-0.2, 0) is 0 Å². The van der Waals surface area contributed by atoms with E-state index in [2.05, 4.69) is 27.8 Å². The first kappa shape index (κ1) is 14.4. The highest BCUT2D eigenvalue weighted by Crippen LogP contribution is 2.44. The number of hydrogen-bond donors (Lipinski definition) is 1. The molecule has 1 spiro atoms. The summed E-state index contributed by atoms with van der Waals surface area (Å²) in [7, 11) is 0. The molecule has 0 bridgehead atoms. The van der Waals surface area contributed by atoms with Gasteiger partial charge in [0.1, 0.15) is 11.4 Å². The summed E-state index contributed by atoms with van der Waals surface area (Å²) >= 11 is 3.49. The largest absolute Gasteiger partial charge is 0.487 e. The van der Waals surface area contributed by atoms with Crippen LogP contribution in [0, 0.1) is 0 Å². The maximum Gasteiger partial charge on any atom is 0.127 e. The van der Waals surface area contributed by atoms with Gasteiger partial charge in [0.15, 0.2) is 0 Å². The van der Waals surface area contributed by atoms with Crippen molar-refractivity contribution >= 4 is 15.9 Å². The lowest BCUT2D eigenvalue weighted by atomic mass is 9.83.